The second kappa shape index (κ2) is 10.5. The largest absolute Gasteiger partial charge is 0.490 e. The molecule has 0 bridgehead atoms. The molecular formula is C21H27NO3. The summed E-state index contributed by atoms with van der Waals surface area (Å²) in [6.45, 7) is 5.81. The number of rotatable bonds is 10. The highest BCUT2D eigenvalue weighted by molar-refractivity contribution is 5.96. The molecule has 0 aliphatic rings. The normalized spacial score (nSPS) is 10.7. The summed E-state index contributed by atoms with van der Waals surface area (Å²) in [7, 11) is 0. The summed E-state index contributed by atoms with van der Waals surface area (Å²) >= 11 is 0. The molecule has 0 saturated heterocycles. The fourth-order valence-corrected chi connectivity index (χ4v) is 2.42. The minimum atomic E-state index is -0.111. The lowest BCUT2D eigenvalue weighted by Crippen LogP contribution is -2.26. The van der Waals surface area contributed by atoms with E-state index >= 15 is 0 Å². The molecule has 134 valence electrons. The number of hydrogen-bond acceptors (Lipinski definition) is 3. The minimum absolute atomic E-state index is 0.0342. The zero-order valence-corrected chi connectivity index (χ0v) is 15.0. The van der Waals surface area contributed by atoms with Crippen LogP contribution in [0.4, 0.5) is 0 Å². The molecule has 0 heterocycles. The van der Waals surface area contributed by atoms with Gasteiger partial charge in [-0.05, 0) is 44.4 Å². The highest BCUT2D eigenvalue weighted by Gasteiger charge is 2.12. The molecule has 0 fully saturated rings. The van der Waals surface area contributed by atoms with Gasteiger partial charge in [-0.25, -0.2) is 0 Å². The summed E-state index contributed by atoms with van der Waals surface area (Å²) in [5.41, 5.74) is 1.85. The predicted molar refractivity (Wildman–Crippen MR) is 100 cm³/mol. The summed E-state index contributed by atoms with van der Waals surface area (Å²) < 4.78 is 11.3. The first-order chi connectivity index (χ1) is 12.2. The number of ether oxygens (including phenoxy) is 2. The van der Waals surface area contributed by atoms with Crippen LogP contribution in [0.1, 0.15) is 36.2 Å². The summed E-state index contributed by atoms with van der Waals surface area (Å²) in [6.07, 6.45) is 1.73. The fourth-order valence-electron chi connectivity index (χ4n) is 2.42. The van der Waals surface area contributed by atoms with Crippen molar-refractivity contribution in [2.45, 2.75) is 32.8 Å². The van der Waals surface area contributed by atoms with Gasteiger partial charge in [-0.1, -0.05) is 42.5 Å². The summed E-state index contributed by atoms with van der Waals surface area (Å²) in [5.74, 6) is 0.509. The van der Waals surface area contributed by atoms with E-state index in [1.165, 1.54) is 5.56 Å². The van der Waals surface area contributed by atoms with Gasteiger partial charge in [0.2, 0.25) is 0 Å². The number of hydrogen-bond donors (Lipinski definition) is 1. The molecule has 0 spiro atoms. The third-order valence-corrected chi connectivity index (χ3v) is 3.62. The van der Waals surface area contributed by atoms with Crippen molar-refractivity contribution in [2.24, 2.45) is 0 Å². The molecule has 1 amide bonds. The molecule has 0 unspecified atom stereocenters. The highest BCUT2D eigenvalue weighted by atomic mass is 16.5. The Hall–Kier alpha value is -2.33. The topological polar surface area (TPSA) is 47.6 Å². The molecule has 1 N–H and O–H groups in total. The second-order valence-electron chi connectivity index (χ2n) is 6.12. The summed E-state index contributed by atoms with van der Waals surface area (Å²) in [4.78, 5) is 12.3. The smallest absolute Gasteiger partial charge is 0.255 e. The van der Waals surface area contributed by atoms with E-state index in [2.05, 4.69) is 17.4 Å². The third-order valence-electron chi connectivity index (χ3n) is 3.62. The van der Waals surface area contributed by atoms with Crippen LogP contribution in [0.5, 0.6) is 5.75 Å². The van der Waals surface area contributed by atoms with Gasteiger partial charge in [-0.15, -0.1) is 0 Å². The Morgan fingerprint density at radius 2 is 1.72 bits per heavy atom. The van der Waals surface area contributed by atoms with Crippen LogP contribution in [0.25, 0.3) is 0 Å². The third kappa shape index (κ3) is 6.98. The van der Waals surface area contributed by atoms with Crippen molar-refractivity contribution in [3.8, 4) is 5.75 Å². The van der Waals surface area contributed by atoms with Crippen LogP contribution in [0.15, 0.2) is 54.6 Å². The van der Waals surface area contributed by atoms with Gasteiger partial charge in [0.05, 0.1) is 18.3 Å². The lowest BCUT2D eigenvalue weighted by Gasteiger charge is -2.14. The van der Waals surface area contributed by atoms with E-state index in [-0.39, 0.29) is 12.0 Å². The maximum Gasteiger partial charge on any atom is 0.255 e. The molecule has 4 nitrogen and oxygen atoms in total. The molecule has 2 aromatic rings. The molecule has 0 saturated carbocycles. The van der Waals surface area contributed by atoms with Crippen LogP contribution in [0, 0.1) is 0 Å². The van der Waals surface area contributed by atoms with Crippen molar-refractivity contribution < 1.29 is 14.3 Å². The minimum Gasteiger partial charge on any atom is -0.490 e. The zero-order valence-electron chi connectivity index (χ0n) is 15.0. The van der Waals surface area contributed by atoms with Gasteiger partial charge in [0.15, 0.2) is 0 Å². The van der Waals surface area contributed by atoms with Crippen LogP contribution >= 0.6 is 0 Å². The SMILES string of the molecule is CC(C)Oc1ccccc1C(=O)NCCCOCCc1ccccc1. The zero-order chi connectivity index (χ0) is 17.9. The maximum absolute atomic E-state index is 12.3. The van der Waals surface area contributed by atoms with Crippen molar-refractivity contribution in [1.82, 2.24) is 5.32 Å². The number of benzene rings is 2. The van der Waals surface area contributed by atoms with Crippen LogP contribution in [0.2, 0.25) is 0 Å². The standard InChI is InChI=1S/C21H27NO3/c1-17(2)25-20-12-7-6-11-19(20)21(23)22-14-8-15-24-16-13-18-9-4-3-5-10-18/h3-7,9-12,17H,8,13-16H2,1-2H3,(H,22,23). The Morgan fingerprint density at radius 1 is 1.00 bits per heavy atom. The Balaban J connectivity index is 1.64. The van der Waals surface area contributed by atoms with E-state index in [0.29, 0.717) is 31.1 Å². The van der Waals surface area contributed by atoms with Gasteiger partial charge in [-0.3, -0.25) is 4.79 Å². The van der Waals surface area contributed by atoms with E-state index in [0.717, 1.165) is 12.8 Å². The molecule has 2 rings (SSSR count). The average molecular weight is 341 g/mol. The number of para-hydroxylation sites is 1. The van der Waals surface area contributed by atoms with Crippen molar-refractivity contribution >= 4 is 5.91 Å². The van der Waals surface area contributed by atoms with Crippen LogP contribution in [0.3, 0.4) is 0 Å². The number of nitrogens with one attached hydrogen (secondary N) is 1. The van der Waals surface area contributed by atoms with E-state index < -0.39 is 0 Å². The highest BCUT2D eigenvalue weighted by Crippen LogP contribution is 2.19. The first-order valence-electron chi connectivity index (χ1n) is 8.82. The van der Waals surface area contributed by atoms with Gasteiger partial charge in [-0.2, -0.15) is 0 Å². The fraction of sp³-hybridized carbons (Fsp3) is 0.381. The predicted octanol–water partition coefficient (Wildman–Crippen LogP) is 3.85. The van der Waals surface area contributed by atoms with Crippen LogP contribution < -0.4 is 10.1 Å². The number of carbonyl (C=O) groups excluding carboxylic acids is 1. The molecule has 0 radical (unpaired) electrons. The molecule has 25 heavy (non-hydrogen) atoms. The Kier molecular flexibility index (Phi) is 7.99. The lowest BCUT2D eigenvalue weighted by atomic mass is 10.2. The molecule has 0 atom stereocenters. The van der Waals surface area contributed by atoms with Crippen LogP contribution in [-0.4, -0.2) is 31.8 Å². The first-order valence-corrected chi connectivity index (χ1v) is 8.82. The van der Waals surface area contributed by atoms with Crippen molar-refractivity contribution in [3.05, 3.63) is 65.7 Å². The van der Waals surface area contributed by atoms with Crippen molar-refractivity contribution in [3.63, 3.8) is 0 Å². The Bertz CT molecular complexity index is 641. The van der Waals surface area contributed by atoms with Gasteiger partial charge in [0.1, 0.15) is 5.75 Å². The molecule has 0 aromatic heterocycles. The van der Waals surface area contributed by atoms with Gasteiger partial charge < -0.3 is 14.8 Å². The number of carbonyl (C=O) groups is 1. The lowest BCUT2D eigenvalue weighted by molar-refractivity contribution is 0.0936. The maximum atomic E-state index is 12.3. The van der Waals surface area contributed by atoms with Gasteiger partial charge in [0.25, 0.3) is 5.91 Å². The average Bonchev–Trinajstić information content (AvgIpc) is 2.61. The Morgan fingerprint density at radius 3 is 2.48 bits per heavy atom. The van der Waals surface area contributed by atoms with Crippen molar-refractivity contribution in [2.75, 3.05) is 19.8 Å². The first kappa shape index (κ1) is 19.0. The quantitative estimate of drug-likeness (QED) is 0.668. The van der Waals surface area contributed by atoms with E-state index in [1.54, 1.807) is 6.07 Å². The Labute approximate surface area is 150 Å². The van der Waals surface area contributed by atoms with E-state index in [1.807, 2.05) is 50.2 Å². The molecule has 2 aromatic carbocycles. The number of amides is 1. The van der Waals surface area contributed by atoms with Crippen molar-refractivity contribution in [1.29, 1.82) is 0 Å². The van der Waals surface area contributed by atoms with E-state index in [4.69, 9.17) is 9.47 Å². The second-order valence-corrected chi connectivity index (χ2v) is 6.12. The molecular weight excluding hydrogens is 314 g/mol. The monoisotopic (exact) mass is 341 g/mol. The van der Waals surface area contributed by atoms with Gasteiger partial charge >= 0.3 is 0 Å². The van der Waals surface area contributed by atoms with Gasteiger partial charge in [0, 0.05) is 13.2 Å². The van der Waals surface area contributed by atoms with Crippen LogP contribution in [-0.2, 0) is 11.2 Å². The molecule has 4 heteroatoms. The summed E-state index contributed by atoms with van der Waals surface area (Å²) in [6, 6.07) is 17.6. The molecule has 0 aliphatic heterocycles. The molecule has 0 aliphatic carbocycles. The van der Waals surface area contributed by atoms with E-state index in [9.17, 15) is 4.79 Å². The summed E-state index contributed by atoms with van der Waals surface area (Å²) in [5, 5.41) is 2.92.